The second-order valence-corrected chi connectivity index (χ2v) is 12.5. The number of carbonyl (C=O) groups excluding carboxylic acids is 3. The van der Waals surface area contributed by atoms with Gasteiger partial charge in [-0.3, -0.25) is 9.59 Å². The molecule has 2 atom stereocenters. The third-order valence-corrected chi connectivity index (χ3v) is 8.70. The number of nitrogens with zero attached hydrogens (tertiary/aromatic N) is 1. The van der Waals surface area contributed by atoms with Gasteiger partial charge in [-0.05, 0) is 94.0 Å². The van der Waals surface area contributed by atoms with Crippen molar-refractivity contribution in [1.29, 1.82) is 0 Å². The van der Waals surface area contributed by atoms with Gasteiger partial charge in [0.1, 0.15) is 11.5 Å². The standard InChI is InChI=1S/C32H34BrNO5S/c1-19-15-23(16-20(2)30(19)39-32(4,5)21(3)35)27-17-34(31(37)38-25-11-9-24(33)10-12-25)18-28(27)29(36)22-7-13-26(40-6)14-8-22/h7-16,27-28H,17-18H2,1-6H3/t27-,28+/m1/s1. The topological polar surface area (TPSA) is 72.9 Å². The highest BCUT2D eigenvalue weighted by atomic mass is 79.9. The van der Waals surface area contributed by atoms with Gasteiger partial charge in [0.25, 0.3) is 0 Å². The Bertz CT molecular complexity index is 1400. The minimum Gasteiger partial charge on any atom is -0.480 e. The van der Waals surface area contributed by atoms with E-state index in [-0.39, 0.29) is 24.0 Å². The molecule has 1 saturated heterocycles. The van der Waals surface area contributed by atoms with Crippen LogP contribution in [-0.2, 0) is 4.79 Å². The molecule has 0 aromatic heterocycles. The molecule has 0 N–H and O–H groups in total. The van der Waals surface area contributed by atoms with Crippen molar-refractivity contribution in [3.63, 3.8) is 0 Å². The van der Waals surface area contributed by atoms with Gasteiger partial charge < -0.3 is 14.4 Å². The fourth-order valence-corrected chi connectivity index (χ4v) is 5.55. The van der Waals surface area contributed by atoms with E-state index in [1.54, 1.807) is 42.6 Å². The van der Waals surface area contributed by atoms with E-state index in [9.17, 15) is 14.4 Å². The summed E-state index contributed by atoms with van der Waals surface area (Å²) in [4.78, 5) is 41.8. The molecule has 8 heteroatoms. The van der Waals surface area contributed by atoms with Crippen molar-refractivity contribution < 1.29 is 23.9 Å². The molecule has 0 spiro atoms. The maximum absolute atomic E-state index is 13.8. The Morgan fingerprint density at radius 3 is 2.10 bits per heavy atom. The number of thioether (sulfide) groups is 1. The molecule has 1 fully saturated rings. The molecule has 0 bridgehead atoms. The fourth-order valence-electron chi connectivity index (χ4n) is 4.88. The first kappa shape index (κ1) is 29.9. The number of benzene rings is 3. The number of carbonyl (C=O) groups is 3. The number of ketones is 2. The average molecular weight is 625 g/mol. The average Bonchev–Trinajstić information content (AvgIpc) is 3.37. The van der Waals surface area contributed by atoms with E-state index in [0.29, 0.717) is 23.6 Å². The van der Waals surface area contributed by atoms with E-state index in [0.717, 1.165) is 26.1 Å². The number of hydrogen-bond acceptors (Lipinski definition) is 6. The highest BCUT2D eigenvalue weighted by Crippen LogP contribution is 2.39. The maximum atomic E-state index is 13.8. The summed E-state index contributed by atoms with van der Waals surface area (Å²) in [5, 5.41) is 0. The number of amides is 1. The Hall–Kier alpha value is -3.10. The molecule has 1 amide bonds. The molecule has 0 aliphatic carbocycles. The van der Waals surface area contributed by atoms with Gasteiger partial charge in [-0.2, -0.15) is 0 Å². The van der Waals surface area contributed by atoms with Crippen LogP contribution in [0.1, 0.15) is 53.7 Å². The molecule has 3 aromatic rings. The van der Waals surface area contributed by atoms with E-state index in [1.807, 2.05) is 68.6 Å². The number of rotatable bonds is 8. The van der Waals surface area contributed by atoms with Crippen molar-refractivity contribution in [2.24, 2.45) is 5.92 Å². The number of hydrogen-bond donors (Lipinski definition) is 0. The number of likely N-dealkylation sites (tertiary alicyclic amines) is 1. The zero-order chi connectivity index (χ0) is 29.2. The zero-order valence-corrected chi connectivity index (χ0v) is 26.0. The summed E-state index contributed by atoms with van der Waals surface area (Å²) >= 11 is 5.01. The predicted octanol–water partition coefficient (Wildman–Crippen LogP) is 7.63. The number of ether oxygens (including phenoxy) is 2. The Labute approximate surface area is 248 Å². The summed E-state index contributed by atoms with van der Waals surface area (Å²) in [6.07, 6.45) is 1.51. The van der Waals surface area contributed by atoms with Gasteiger partial charge in [-0.25, -0.2) is 4.79 Å². The molecule has 0 radical (unpaired) electrons. The van der Waals surface area contributed by atoms with Crippen molar-refractivity contribution in [2.45, 2.75) is 51.0 Å². The van der Waals surface area contributed by atoms with Crippen molar-refractivity contribution in [3.8, 4) is 11.5 Å². The molecule has 0 unspecified atom stereocenters. The van der Waals surface area contributed by atoms with Gasteiger partial charge in [0.2, 0.25) is 0 Å². The van der Waals surface area contributed by atoms with E-state index in [1.165, 1.54) is 6.92 Å². The van der Waals surface area contributed by atoms with Gasteiger partial charge in [0, 0.05) is 39.9 Å². The van der Waals surface area contributed by atoms with Crippen LogP contribution in [0.15, 0.2) is 70.0 Å². The van der Waals surface area contributed by atoms with Crippen LogP contribution in [0, 0.1) is 19.8 Å². The molecular weight excluding hydrogens is 590 g/mol. The first-order valence-electron chi connectivity index (χ1n) is 13.1. The Kier molecular flexibility index (Phi) is 9.10. The summed E-state index contributed by atoms with van der Waals surface area (Å²) in [6, 6.07) is 18.7. The van der Waals surface area contributed by atoms with E-state index < -0.39 is 17.6 Å². The van der Waals surface area contributed by atoms with E-state index >= 15 is 0 Å². The smallest absolute Gasteiger partial charge is 0.415 e. The Morgan fingerprint density at radius 1 is 0.950 bits per heavy atom. The normalized spacial score (nSPS) is 17.0. The summed E-state index contributed by atoms with van der Waals surface area (Å²) in [6.45, 7) is 9.49. The van der Waals surface area contributed by atoms with Gasteiger partial charge >= 0.3 is 6.09 Å². The monoisotopic (exact) mass is 623 g/mol. The van der Waals surface area contributed by atoms with E-state index in [4.69, 9.17) is 9.47 Å². The quantitative estimate of drug-likeness (QED) is 0.190. The number of Topliss-reactive ketones (excluding diaryl/α,β-unsaturated/α-hetero) is 2. The van der Waals surface area contributed by atoms with Crippen LogP contribution in [0.5, 0.6) is 11.5 Å². The molecule has 1 heterocycles. The number of aryl methyl sites for hydroxylation is 2. The highest BCUT2D eigenvalue weighted by Gasteiger charge is 2.42. The Morgan fingerprint density at radius 2 is 1.55 bits per heavy atom. The maximum Gasteiger partial charge on any atom is 0.415 e. The molecule has 6 nitrogen and oxygen atoms in total. The lowest BCUT2D eigenvalue weighted by Gasteiger charge is -2.27. The van der Waals surface area contributed by atoms with Crippen LogP contribution in [0.25, 0.3) is 0 Å². The molecule has 1 aliphatic heterocycles. The van der Waals surface area contributed by atoms with Crippen LogP contribution in [0.4, 0.5) is 4.79 Å². The van der Waals surface area contributed by atoms with Crippen LogP contribution in [0.3, 0.4) is 0 Å². The number of halogens is 1. The predicted molar refractivity (Wildman–Crippen MR) is 162 cm³/mol. The van der Waals surface area contributed by atoms with Gasteiger partial charge in [-0.15, -0.1) is 11.8 Å². The third-order valence-electron chi connectivity index (χ3n) is 7.42. The summed E-state index contributed by atoms with van der Waals surface area (Å²) < 4.78 is 12.7. The minimum absolute atomic E-state index is 0.00931. The minimum atomic E-state index is -0.959. The fraction of sp³-hybridized carbons (Fsp3) is 0.344. The molecule has 3 aromatic carbocycles. The first-order valence-corrected chi connectivity index (χ1v) is 15.1. The molecule has 0 saturated carbocycles. The van der Waals surface area contributed by atoms with Gasteiger partial charge in [0.05, 0.1) is 0 Å². The lowest BCUT2D eigenvalue weighted by molar-refractivity contribution is -0.129. The summed E-state index contributed by atoms with van der Waals surface area (Å²) in [5.74, 6) is 0.334. The molecule has 210 valence electrons. The summed E-state index contributed by atoms with van der Waals surface area (Å²) in [7, 11) is 0. The highest BCUT2D eigenvalue weighted by molar-refractivity contribution is 9.10. The van der Waals surface area contributed by atoms with Crippen molar-refractivity contribution in [3.05, 3.63) is 87.4 Å². The van der Waals surface area contributed by atoms with Crippen molar-refractivity contribution >= 4 is 45.4 Å². The zero-order valence-electron chi connectivity index (χ0n) is 23.6. The second-order valence-electron chi connectivity index (χ2n) is 10.7. The van der Waals surface area contributed by atoms with E-state index in [2.05, 4.69) is 15.9 Å². The third kappa shape index (κ3) is 6.61. The molecule has 1 aliphatic rings. The second kappa shape index (κ2) is 12.2. The Balaban J connectivity index is 1.66. The lowest BCUT2D eigenvalue weighted by Crippen LogP contribution is -2.36. The summed E-state index contributed by atoms with van der Waals surface area (Å²) in [5.41, 5.74) is 2.35. The first-order chi connectivity index (χ1) is 18.9. The SMILES string of the molecule is CSc1ccc(C(=O)[C@H]2CN(C(=O)Oc3ccc(Br)cc3)C[C@@H]2c2cc(C)c(OC(C)(C)C(C)=O)c(C)c2)cc1. The van der Waals surface area contributed by atoms with Crippen molar-refractivity contribution in [1.82, 2.24) is 4.90 Å². The van der Waals surface area contributed by atoms with Gasteiger partial charge in [-0.1, -0.05) is 40.2 Å². The largest absolute Gasteiger partial charge is 0.480 e. The molecule has 40 heavy (non-hydrogen) atoms. The van der Waals surface area contributed by atoms with Gasteiger partial charge in [0.15, 0.2) is 17.2 Å². The van der Waals surface area contributed by atoms with Crippen LogP contribution < -0.4 is 9.47 Å². The van der Waals surface area contributed by atoms with Crippen molar-refractivity contribution in [2.75, 3.05) is 19.3 Å². The molecule has 4 rings (SSSR count). The lowest BCUT2D eigenvalue weighted by atomic mass is 9.82. The van der Waals surface area contributed by atoms with Crippen LogP contribution >= 0.6 is 27.7 Å². The van der Waals surface area contributed by atoms with Crippen LogP contribution in [0.2, 0.25) is 0 Å². The van der Waals surface area contributed by atoms with Crippen LogP contribution in [-0.4, -0.2) is 47.5 Å². The molecular formula is C32H34BrNO5S.